The van der Waals surface area contributed by atoms with E-state index < -0.39 is 0 Å². The van der Waals surface area contributed by atoms with Crippen molar-refractivity contribution in [2.75, 3.05) is 0 Å². The van der Waals surface area contributed by atoms with Gasteiger partial charge in [0, 0.05) is 38.9 Å². The maximum Gasteiger partial charge on any atom is 0.0978 e. The minimum atomic E-state index is 0. The molecule has 3 aromatic rings. The Bertz CT molecular complexity index is 621. The van der Waals surface area contributed by atoms with E-state index in [1.165, 1.54) is 15.6 Å². The van der Waals surface area contributed by atoms with Crippen molar-refractivity contribution in [2.24, 2.45) is 0 Å². The summed E-state index contributed by atoms with van der Waals surface area (Å²) in [7, 11) is 0. The van der Waals surface area contributed by atoms with Crippen molar-refractivity contribution in [3.8, 4) is 0 Å². The van der Waals surface area contributed by atoms with Gasteiger partial charge in [0.1, 0.15) is 0 Å². The lowest BCUT2D eigenvalue weighted by Crippen LogP contribution is -2.10. The summed E-state index contributed by atoms with van der Waals surface area (Å²) < 4.78 is 0. The number of hydrogen-bond acceptors (Lipinski definition) is 6. The zero-order valence-corrected chi connectivity index (χ0v) is 26.5. The molecule has 0 saturated carbocycles. The molecule has 0 spiro atoms. The highest BCUT2D eigenvalue weighted by Gasteiger charge is 2.16. The van der Waals surface area contributed by atoms with Crippen LogP contribution < -0.4 is 0 Å². The Balaban J connectivity index is -0.000000176. The smallest absolute Gasteiger partial charge is 0.0978 e. The van der Waals surface area contributed by atoms with E-state index in [1.807, 2.05) is 70.3 Å². The Hall–Kier alpha value is -1.11. The molecule has 6 heteroatoms. The van der Waals surface area contributed by atoms with Crippen molar-refractivity contribution >= 4 is 34.0 Å². The predicted octanol–water partition coefficient (Wildman–Crippen LogP) is 11.0. The Kier molecular flexibility index (Phi) is 25.0. The largest absolute Gasteiger partial charge is 0.253 e. The van der Waals surface area contributed by atoms with Gasteiger partial charge in [0.25, 0.3) is 0 Å². The summed E-state index contributed by atoms with van der Waals surface area (Å²) >= 11 is 5.09. The molecular weight excluding hydrogens is 475 g/mol. The van der Waals surface area contributed by atoms with Crippen LogP contribution in [0.25, 0.3) is 0 Å². The molecule has 3 rings (SSSR count). The van der Waals surface area contributed by atoms with Gasteiger partial charge in [-0.05, 0) is 5.41 Å². The van der Waals surface area contributed by atoms with E-state index in [1.54, 1.807) is 34.0 Å². The van der Waals surface area contributed by atoms with Gasteiger partial charge in [0.15, 0.2) is 0 Å². The fourth-order valence-corrected chi connectivity index (χ4v) is 3.98. The minimum Gasteiger partial charge on any atom is -0.253 e. The second kappa shape index (κ2) is 21.2. The summed E-state index contributed by atoms with van der Waals surface area (Å²) in [6.07, 6.45) is 3.79. The van der Waals surface area contributed by atoms with E-state index in [4.69, 9.17) is 0 Å². The molecule has 200 valence electrons. The highest BCUT2D eigenvalue weighted by atomic mass is 32.1. The molecule has 0 bridgehead atoms. The lowest BCUT2D eigenvalue weighted by atomic mass is 9.93. The Morgan fingerprint density at radius 1 is 0.647 bits per heavy atom. The Labute approximate surface area is 225 Å². The molecule has 0 aliphatic carbocycles. The van der Waals surface area contributed by atoms with E-state index in [0.717, 1.165) is 0 Å². The van der Waals surface area contributed by atoms with Gasteiger partial charge in [-0.1, -0.05) is 111 Å². The standard InChI is InChI=1S/3C7H11NS.3C2H6.CH4/c1-7(2,3)6-4-9-5-8-6;1-7(2,3)6-4-8-5-9-6;1-7(2,3)6-8-4-5-9-6;3*1-2;/h3*4-5H,1-3H3;3*1-2H3;1H4. The number of nitrogens with zero attached hydrogens (tertiary/aromatic N) is 3. The van der Waals surface area contributed by atoms with Crippen LogP contribution in [0.2, 0.25) is 0 Å². The first-order valence-electron chi connectivity index (χ1n) is 12.0. The molecule has 0 fully saturated rings. The van der Waals surface area contributed by atoms with Crippen LogP contribution in [0.1, 0.15) is 127 Å². The molecule has 0 aliphatic rings. The maximum atomic E-state index is 4.21. The van der Waals surface area contributed by atoms with Crippen molar-refractivity contribution in [2.45, 2.75) is 128 Å². The predicted molar refractivity (Wildman–Crippen MR) is 163 cm³/mol. The molecular formula is C28H55N3S3. The minimum absolute atomic E-state index is 0. The lowest BCUT2D eigenvalue weighted by Gasteiger charge is -2.13. The van der Waals surface area contributed by atoms with E-state index in [-0.39, 0.29) is 23.7 Å². The molecule has 0 unspecified atom stereocenters. The van der Waals surface area contributed by atoms with Crippen LogP contribution in [0.5, 0.6) is 0 Å². The molecule has 3 nitrogen and oxygen atoms in total. The van der Waals surface area contributed by atoms with Crippen LogP contribution >= 0.6 is 34.0 Å². The Morgan fingerprint density at radius 3 is 1.35 bits per heavy atom. The molecule has 3 aromatic heterocycles. The number of rotatable bonds is 0. The molecule has 0 aliphatic heterocycles. The molecule has 34 heavy (non-hydrogen) atoms. The zero-order valence-electron chi connectivity index (χ0n) is 24.0. The summed E-state index contributed by atoms with van der Waals surface area (Å²) in [6.45, 7) is 31.6. The third-order valence-corrected chi connectivity index (χ3v) is 6.43. The Morgan fingerprint density at radius 2 is 1.18 bits per heavy atom. The molecule has 0 atom stereocenters. The van der Waals surface area contributed by atoms with Crippen molar-refractivity contribution in [1.29, 1.82) is 0 Å². The van der Waals surface area contributed by atoms with Gasteiger partial charge in [0.2, 0.25) is 0 Å². The SMILES string of the molecule is C.CC.CC.CC.CC(C)(C)c1cncs1.CC(C)(C)c1cscn1.CC(C)(C)c1nccs1. The third kappa shape index (κ3) is 19.2. The van der Waals surface area contributed by atoms with Crippen LogP contribution in [-0.4, -0.2) is 15.0 Å². The van der Waals surface area contributed by atoms with Crippen LogP contribution in [0, 0.1) is 0 Å². The first kappa shape index (κ1) is 40.1. The summed E-state index contributed by atoms with van der Waals surface area (Å²) in [5.41, 5.74) is 5.67. The molecule has 0 amide bonds. The number of thiazole rings is 3. The van der Waals surface area contributed by atoms with Gasteiger partial charge in [0.05, 0.1) is 21.7 Å². The highest BCUT2D eigenvalue weighted by Crippen LogP contribution is 2.25. The van der Waals surface area contributed by atoms with Gasteiger partial charge in [-0.3, -0.25) is 4.98 Å². The van der Waals surface area contributed by atoms with E-state index in [9.17, 15) is 0 Å². The second-order valence-corrected chi connectivity index (χ2v) is 11.8. The van der Waals surface area contributed by atoms with Crippen LogP contribution in [0.3, 0.4) is 0 Å². The normalized spacial score (nSPS) is 9.97. The van der Waals surface area contributed by atoms with Crippen molar-refractivity contribution in [3.63, 3.8) is 0 Å². The van der Waals surface area contributed by atoms with E-state index in [2.05, 4.69) is 82.6 Å². The maximum absolute atomic E-state index is 4.21. The van der Waals surface area contributed by atoms with E-state index >= 15 is 0 Å². The number of hydrogen-bond donors (Lipinski definition) is 0. The molecule has 0 saturated heterocycles. The van der Waals surface area contributed by atoms with Crippen molar-refractivity contribution in [3.05, 3.63) is 49.8 Å². The van der Waals surface area contributed by atoms with Crippen LogP contribution in [-0.2, 0) is 16.2 Å². The fourth-order valence-electron chi connectivity index (χ4n) is 1.76. The van der Waals surface area contributed by atoms with Crippen LogP contribution in [0.15, 0.2) is 34.2 Å². The first-order valence-corrected chi connectivity index (χ1v) is 14.7. The fraction of sp³-hybridized carbons (Fsp3) is 0.679. The van der Waals surface area contributed by atoms with Gasteiger partial charge >= 0.3 is 0 Å². The summed E-state index contributed by atoms with van der Waals surface area (Å²) in [6, 6.07) is 0. The summed E-state index contributed by atoms with van der Waals surface area (Å²) in [5, 5.41) is 5.32. The zero-order chi connectivity index (χ0) is 26.7. The molecule has 0 aromatic carbocycles. The number of aromatic nitrogens is 3. The topological polar surface area (TPSA) is 38.7 Å². The van der Waals surface area contributed by atoms with Crippen molar-refractivity contribution in [1.82, 2.24) is 15.0 Å². The van der Waals surface area contributed by atoms with E-state index in [0.29, 0.717) is 0 Å². The third-order valence-electron chi connectivity index (χ3n) is 3.45. The first-order chi connectivity index (χ1) is 15.3. The highest BCUT2D eigenvalue weighted by molar-refractivity contribution is 7.10. The second-order valence-electron chi connectivity index (χ2n) is 9.33. The molecule has 0 N–H and O–H groups in total. The van der Waals surface area contributed by atoms with Gasteiger partial charge in [-0.25, -0.2) is 9.97 Å². The quantitative estimate of drug-likeness (QED) is 0.290. The average Bonchev–Trinajstić information content (AvgIpc) is 3.55. The van der Waals surface area contributed by atoms with Gasteiger partial charge in [-0.2, -0.15) is 0 Å². The molecule has 0 radical (unpaired) electrons. The van der Waals surface area contributed by atoms with Gasteiger partial charge in [-0.15, -0.1) is 34.0 Å². The summed E-state index contributed by atoms with van der Waals surface area (Å²) in [5.74, 6) is 0. The van der Waals surface area contributed by atoms with Gasteiger partial charge < -0.3 is 0 Å². The van der Waals surface area contributed by atoms with Crippen molar-refractivity contribution < 1.29 is 0 Å². The summed E-state index contributed by atoms with van der Waals surface area (Å²) in [4.78, 5) is 13.8. The monoisotopic (exact) mass is 529 g/mol. The molecule has 3 heterocycles. The lowest BCUT2D eigenvalue weighted by molar-refractivity contribution is 0.573. The average molecular weight is 530 g/mol. The van der Waals surface area contributed by atoms with Crippen LogP contribution in [0.4, 0.5) is 0 Å².